The van der Waals surface area contributed by atoms with Gasteiger partial charge in [-0.1, -0.05) is 11.6 Å². The summed E-state index contributed by atoms with van der Waals surface area (Å²) in [6.07, 6.45) is 4.63. The highest BCUT2D eigenvalue weighted by Gasteiger charge is 2.23. The third-order valence-electron chi connectivity index (χ3n) is 3.39. The number of nitrogens with one attached hydrogen (secondary N) is 1. The molecule has 0 saturated carbocycles. The Balaban J connectivity index is 1.86. The Labute approximate surface area is 110 Å². The van der Waals surface area contributed by atoms with Gasteiger partial charge in [0.1, 0.15) is 11.6 Å². The van der Waals surface area contributed by atoms with E-state index in [1.807, 2.05) is 6.07 Å². The maximum atomic E-state index is 5.96. The van der Waals surface area contributed by atoms with Gasteiger partial charge < -0.3 is 10.1 Å². The minimum absolute atomic E-state index is 0.115. The SMILES string of the molecule is C[C@@H](Oc1nc(Cl)cn2nccc12)[C@@H]1CCNC1. The number of hydrogen-bond donors (Lipinski definition) is 1. The molecule has 1 aliphatic rings. The van der Waals surface area contributed by atoms with Crippen LogP contribution in [0.4, 0.5) is 0 Å². The maximum Gasteiger partial charge on any atom is 0.241 e. The van der Waals surface area contributed by atoms with Crippen LogP contribution in [0.25, 0.3) is 5.52 Å². The van der Waals surface area contributed by atoms with Gasteiger partial charge in [-0.2, -0.15) is 10.1 Å². The standard InChI is InChI=1S/C12H15ClN4O/c1-8(9-2-4-14-6-9)18-12-10-3-5-15-17(10)7-11(13)16-12/h3,5,7-9,14H,2,4,6H2,1H3/t8-,9-/m1/s1. The monoisotopic (exact) mass is 266 g/mol. The van der Waals surface area contributed by atoms with E-state index in [2.05, 4.69) is 22.3 Å². The molecule has 0 radical (unpaired) electrons. The quantitative estimate of drug-likeness (QED) is 0.920. The highest BCUT2D eigenvalue weighted by molar-refractivity contribution is 6.29. The van der Waals surface area contributed by atoms with Crippen molar-refractivity contribution in [3.05, 3.63) is 23.6 Å². The molecule has 2 aromatic heterocycles. The Morgan fingerprint density at radius 2 is 2.50 bits per heavy atom. The zero-order valence-corrected chi connectivity index (χ0v) is 10.9. The molecule has 96 valence electrons. The summed E-state index contributed by atoms with van der Waals surface area (Å²) >= 11 is 5.96. The molecule has 1 N–H and O–H groups in total. The van der Waals surface area contributed by atoms with Crippen LogP contribution in [-0.2, 0) is 0 Å². The predicted molar refractivity (Wildman–Crippen MR) is 69.1 cm³/mol. The molecule has 1 aliphatic heterocycles. The molecule has 6 heteroatoms. The summed E-state index contributed by atoms with van der Waals surface area (Å²) in [5.41, 5.74) is 0.845. The number of nitrogens with zero attached hydrogens (tertiary/aromatic N) is 3. The summed E-state index contributed by atoms with van der Waals surface area (Å²) in [6, 6.07) is 1.87. The number of hydrogen-bond acceptors (Lipinski definition) is 4. The van der Waals surface area contributed by atoms with Gasteiger partial charge in [0.15, 0.2) is 5.15 Å². The Hall–Kier alpha value is -1.33. The Kier molecular flexibility index (Phi) is 3.09. The molecule has 3 heterocycles. The van der Waals surface area contributed by atoms with Crippen molar-refractivity contribution in [2.24, 2.45) is 5.92 Å². The van der Waals surface area contributed by atoms with Crippen molar-refractivity contribution in [2.45, 2.75) is 19.4 Å². The molecule has 0 aromatic carbocycles. The fraction of sp³-hybridized carbons (Fsp3) is 0.500. The lowest BCUT2D eigenvalue weighted by atomic mass is 10.0. The number of rotatable bonds is 3. The molecule has 2 aromatic rings. The van der Waals surface area contributed by atoms with Gasteiger partial charge in [-0.05, 0) is 26.0 Å². The van der Waals surface area contributed by atoms with Gasteiger partial charge in [-0.25, -0.2) is 4.52 Å². The first-order valence-corrected chi connectivity index (χ1v) is 6.49. The average molecular weight is 267 g/mol. The van der Waals surface area contributed by atoms with Gasteiger partial charge in [-0.3, -0.25) is 0 Å². The lowest BCUT2D eigenvalue weighted by Gasteiger charge is -2.19. The second-order valence-corrected chi connectivity index (χ2v) is 4.99. The third kappa shape index (κ3) is 2.15. The molecule has 0 unspecified atom stereocenters. The van der Waals surface area contributed by atoms with Crippen LogP contribution in [0.1, 0.15) is 13.3 Å². The van der Waals surface area contributed by atoms with Gasteiger partial charge in [0.25, 0.3) is 0 Å². The van der Waals surface area contributed by atoms with Crippen LogP contribution in [0.15, 0.2) is 18.5 Å². The summed E-state index contributed by atoms with van der Waals surface area (Å²) in [4.78, 5) is 4.25. The summed E-state index contributed by atoms with van der Waals surface area (Å²) in [5.74, 6) is 1.08. The van der Waals surface area contributed by atoms with Gasteiger partial charge in [0, 0.05) is 12.5 Å². The van der Waals surface area contributed by atoms with Gasteiger partial charge >= 0.3 is 0 Å². The topological polar surface area (TPSA) is 51.5 Å². The van der Waals surface area contributed by atoms with Crippen molar-refractivity contribution in [1.29, 1.82) is 0 Å². The van der Waals surface area contributed by atoms with E-state index in [4.69, 9.17) is 16.3 Å². The second-order valence-electron chi connectivity index (χ2n) is 4.61. The van der Waals surface area contributed by atoms with Crippen LogP contribution < -0.4 is 10.1 Å². The summed E-state index contributed by atoms with van der Waals surface area (Å²) in [6.45, 7) is 4.13. The highest BCUT2D eigenvalue weighted by Crippen LogP contribution is 2.24. The van der Waals surface area contributed by atoms with Crippen LogP contribution in [0.3, 0.4) is 0 Å². The summed E-state index contributed by atoms with van der Waals surface area (Å²) in [7, 11) is 0. The molecule has 1 fully saturated rings. The van der Waals surface area contributed by atoms with Crippen LogP contribution in [0.5, 0.6) is 5.88 Å². The van der Waals surface area contributed by atoms with Gasteiger partial charge in [0.05, 0.1) is 12.4 Å². The van der Waals surface area contributed by atoms with Gasteiger partial charge in [0.2, 0.25) is 5.88 Å². The second kappa shape index (κ2) is 4.74. The first-order chi connectivity index (χ1) is 8.74. The van der Waals surface area contributed by atoms with Crippen molar-refractivity contribution < 1.29 is 4.74 Å². The van der Waals surface area contributed by atoms with Crippen molar-refractivity contribution in [1.82, 2.24) is 19.9 Å². The van der Waals surface area contributed by atoms with E-state index in [1.54, 1.807) is 16.9 Å². The van der Waals surface area contributed by atoms with Crippen molar-refractivity contribution in [2.75, 3.05) is 13.1 Å². The molecule has 3 rings (SSSR count). The molecular formula is C12H15ClN4O. The van der Waals surface area contributed by atoms with E-state index < -0.39 is 0 Å². The minimum atomic E-state index is 0.115. The molecule has 0 aliphatic carbocycles. The lowest BCUT2D eigenvalue weighted by Crippen LogP contribution is -2.26. The maximum absolute atomic E-state index is 5.96. The van der Waals surface area contributed by atoms with Crippen molar-refractivity contribution in [3.8, 4) is 5.88 Å². The van der Waals surface area contributed by atoms with Crippen LogP contribution in [0, 0.1) is 5.92 Å². The minimum Gasteiger partial charge on any atom is -0.473 e. The van der Waals surface area contributed by atoms with Crippen molar-refractivity contribution in [3.63, 3.8) is 0 Å². The first kappa shape index (κ1) is 11.7. The smallest absolute Gasteiger partial charge is 0.241 e. The average Bonchev–Trinajstić information content (AvgIpc) is 2.98. The molecular weight excluding hydrogens is 252 g/mol. The first-order valence-electron chi connectivity index (χ1n) is 6.11. The van der Waals surface area contributed by atoms with Gasteiger partial charge in [-0.15, -0.1) is 0 Å². The van der Waals surface area contributed by atoms with E-state index in [0.717, 1.165) is 25.0 Å². The molecule has 18 heavy (non-hydrogen) atoms. The van der Waals surface area contributed by atoms with Crippen LogP contribution in [-0.4, -0.2) is 33.8 Å². The van der Waals surface area contributed by atoms with Crippen molar-refractivity contribution >= 4 is 17.1 Å². The van der Waals surface area contributed by atoms with E-state index in [0.29, 0.717) is 17.0 Å². The molecule has 0 spiro atoms. The largest absolute Gasteiger partial charge is 0.473 e. The van der Waals surface area contributed by atoms with E-state index in [1.165, 1.54) is 0 Å². The number of ether oxygens (including phenoxy) is 1. The Morgan fingerprint density at radius 1 is 1.61 bits per heavy atom. The number of halogens is 1. The number of fused-ring (bicyclic) bond motifs is 1. The van der Waals surface area contributed by atoms with Crippen LogP contribution >= 0.6 is 11.6 Å². The number of aromatic nitrogens is 3. The highest BCUT2D eigenvalue weighted by atomic mass is 35.5. The summed E-state index contributed by atoms with van der Waals surface area (Å²) < 4.78 is 7.64. The predicted octanol–water partition coefficient (Wildman–Crippen LogP) is 1.76. The third-order valence-corrected chi connectivity index (χ3v) is 3.57. The molecule has 1 saturated heterocycles. The fourth-order valence-electron chi connectivity index (χ4n) is 2.31. The Bertz CT molecular complexity index is 550. The molecule has 0 amide bonds. The Morgan fingerprint density at radius 3 is 3.28 bits per heavy atom. The normalized spacial score (nSPS) is 21.3. The molecule has 2 atom stereocenters. The van der Waals surface area contributed by atoms with E-state index in [9.17, 15) is 0 Å². The lowest BCUT2D eigenvalue weighted by molar-refractivity contribution is 0.156. The summed E-state index contributed by atoms with van der Waals surface area (Å²) in [5, 5.41) is 7.87. The van der Waals surface area contributed by atoms with E-state index >= 15 is 0 Å². The van der Waals surface area contributed by atoms with Crippen LogP contribution in [0.2, 0.25) is 5.15 Å². The molecule has 5 nitrogen and oxygen atoms in total. The fourth-order valence-corrected chi connectivity index (χ4v) is 2.48. The molecule has 0 bridgehead atoms. The zero-order chi connectivity index (χ0) is 12.5. The van der Waals surface area contributed by atoms with E-state index in [-0.39, 0.29) is 6.10 Å². The zero-order valence-electron chi connectivity index (χ0n) is 10.1.